The van der Waals surface area contributed by atoms with E-state index in [2.05, 4.69) is 15.7 Å². The maximum atomic E-state index is 12.1. The van der Waals surface area contributed by atoms with Crippen LogP contribution in [-0.2, 0) is 11.8 Å². The first-order chi connectivity index (χ1) is 9.06. The van der Waals surface area contributed by atoms with Gasteiger partial charge in [0.15, 0.2) is 0 Å². The average molecular weight is 266 g/mol. The number of amides is 1. The van der Waals surface area contributed by atoms with Gasteiger partial charge < -0.3 is 15.4 Å². The van der Waals surface area contributed by atoms with E-state index in [-0.39, 0.29) is 11.4 Å². The second-order valence-electron chi connectivity index (χ2n) is 5.22. The Labute approximate surface area is 113 Å². The molecule has 0 saturated carbocycles. The van der Waals surface area contributed by atoms with Gasteiger partial charge in [-0.25, -0.2) is 0 Å². The Kier molecular flexibility index (Phi) is 4.21. The fourth-order valence-electron chi connectivity index (χ4n) is 2.63. The largest absolute Gasteiger partial charge is 0.383 e. The topological polar surface area (TPSA) is 68.2 Å². The minimum Gasteiger partial charge on any atom is -0.383 e. The van der Waals surface area contributed by atoms with Crippen LogP contribution in [0.25, 0.3) is 0 Å². The minimum absolute atomic E-state index is 0.0905. The number of carbonyl (C=O) groups excluding carboxylic acids is 1. The highest BCUT2D eigenvalue weighted by molar-refractivity contribution is 5.92. The number of carbonyl (C=O) groups is 1. The number of nitrogens with one attached hydrogen (secondary N) is 2. The third-order valence-corrected chi connectivity index (χ3v) is 3.57. The number of methoxy groups -OCH3 is 1. The van der Waals surface area contributed by atoms with Crippen LogP contribution in [0.4, 0.5) is 0 Å². The van der Waals surface area contributed by atoms with E-state index in [1.165, 1.54) is 0 Å². The number of hydrogen-bond acceptors (Lipinski definition) is 4. The van der Waals surface area contributed by atoms with Crippen molar-refractivity contribution < 1.29 is 9.53 Å². The number of nitrogens with zero attached hydrogens (tertiary/aromatic N) is 2. The fraction of sp³-hybridized carbons (Fsp3) is 0.692. The van der Waals surface area contributed by atoms with Crippen molar-refractivity contribution in [3.63, 3.8) is 0 Å². The zero-order valence-electron chi connectivity index (χ0n) is 11.8. The number of ether oxygens (including phenoxy) is 1. The summed E-state index contributed by atoms with van der Waals surface area (Å²) < 4.78 is 6.87. The molecule has 2 heterocycles. The predicted molar refractivity (Wildman–Crippen MR) is 72.1 cm³/mol. The van der Waals surface area contributed by atoms with Crippen LogP contribution in [0.2, 0.25) is 0 Å². The molecule has 6 heteroatoms. The highest BCUT2D eigenvalue weighted by Gasteiger charge is 2.34. The number of aromatic nitrogens is 2. The third kappa shape index (κ3) is 3.13. The SMILES string of the molecule is COCC1(CNC(=O)c2cc(C)nn2C)CCCN1. The molecule has 19 heavy (non-hydrogen) atoms. The molecule has 1 atom stereocenters. The lowest BCUT2D eigenvalue weighted by Crippen LogP contribution is -2.53. The number of aryl methyl sites for hydroxylation is 2. The number of hydrogen-bond donors (Lipinski definition) is 2. The van der Waals surface area contributed by atoms with E-state index in [4.69, 9.17) is 4.74 Å². The molecule has 6 nitrogen and oxygen atoms in total. The van der Waals surface area contributed by atoms with Crippen molar-refractivity contribution in [1.82, 2.24) is 20.4 Å². The molecule has 1 saturated heterocycles. The van der Waals surface area contributed by atoms with Crippen LogP contribution < -0.4 is 10.6 Å². The van der Waals surface area contributed by atoms with Gasteiger partial charge in [0, 0.05) is 20.7 Å². The summed E-state index contributed by atoms with van der Waals surface area (Å²) in [5, 5.41) is 10.6. The molecule has 1 aromatic rings. The van der Waals surface area contributed by atoms with E-state index in [9.17, 15) is 4.79 Å². The van der Waals surface area contributed by atoms with Crippen LogP contribution in [0.5, 0.6) is 0 Å². The summed E-state index contributed by atoms with van der Waals surface area (Å²) in [6.45, 7) is 4.04. The van der Waals surface area contributed by atoms with Crippen molar-refractivity contribution in [2.45, 2.75) is 25.3 Å². The van der Waals surface area contributed by atoms with Gasteiger partial charge in [-0.2, -0.15) is 5.10 Å². The lowest BCUT2D eigenvalue weighted by molar-refractivity contribution is 0.0883. The molecule has 0 aromatic carbocycles. The van der Waals surface area contributed by atoms with Crippen molar-refractivity contribution in [3.8, 4) is 0 Å². The Morgan fingerprint density at radius 2 is 2.47 bits per heavy atom. The van der Waals surface area contributed by atoms with Gasteiger partial charge in [0.05, 0.1) is 17.8 Å². The molecule has 2 N–H and O–H groups in total. The first kappa shape index (κ1) is 14.0. The summed E-state index contributed by atoms with van der Waals surface area (Å²) in [6, 6.07) is 1.79. The molecule has 1 aromatic heterocycles. The van der Waals surface area contributed by atoms with Crippen molar-refractivity contribution in [2.24, 2.45) is 7.05 Å². The van der Waals surface area contributed by atoms with Gasteiger partial charge in [0.1, 0.15) is 5.69 Å². The van der Waals surface area contributed by atoms with Crippen LogP contribution in [0.3, 0.4) is 0 Å². The van der Waals surface area contributed by atoms with Crippen molar-refractivity contribution in [1.29, 1.82) is 0 Å². The molecule has 1 unspecified atom stereocenters. The van der Waals surface area contributed by atoms with E-state index in [1.54, 1.807) is 24.9 Å². The van der Waals surface area contributed by atoms with Crippen molar-refractivity contribution in [2.75, 3.05) is 26.8 Å². The second kappa shape index (κ2) is 5.71. The Morgan fingerprint density at radius 3 is 3.00 bits per heavy atom. The van der Waals surface area contributed by atoms with E-state index < -0.39 is 0 Å². The highest BCUT2D eigenvalue weighted by Crippen LogP contribution is 2.19. The monoisotopic (exact) mass is 266 g/mol. The van der Waals surface area contributed by atoms with Gasteiger partial charge in [-0.05, 0) is 32.4 Å². The van der Waals surface area contributed by atoms with E-state index in [0.717, 1.165) is 25.1 Å². The minimum atomic E-state index is -0.127. The average Bonchev–Trinajstić information content (AvgIpc) is 2.94. The van der Waals surface area contributed by atoms with E-state index >= 15 is 0 Å². The molecule has 106 valence electrons. The van der Waals surface area contributed by atoms with Crippen LogP contribution in [0.1, 0.15) is 29.0 Å². The highest BCUT2D eigenvalue weighted by atomic mass is 16.5. The van der Waals surface area contributed by atoms with Crippen molar-refractivity contribution in [3.05, 3.63) is 17.5 Å². The molecule has 1 fully saturated rings. The Bertz CT molecular complexity index is 449. The standard InChI is InChI=1S/C13H22N4O2/c1-10-7-11(17(2)16-10)12(18)14-8-13(9-19-3)5-4-6-15-13/h7,15H,4-6,8-9H2,1-3H3,(H,14,18). The predicted octanol–water partition coefficient (Wildman–Crippen LogP) is 0.227. The molecule has 0 bridgehead atoms. The molecule has 0 aliphatic carbocycles. The fourth-order valence-corrected chi connectivity index (χ4v) is 2.63. The van der Waals surface area contributed by atoms with E-state index in [1.807, 2.05) is 6.92 Å². The van der Waals surface area contributed by atoms with Crippen LogP contribution in [0, 0.1) is 6.92 Å². The van der Waals surface area contributed by atoms with Crippen molar-refractivity contribution >= 4 is 5.91 Å². The lowest BCUT2D eigenvalue weighted by atomic mass is 9.98. The van der Waals surface area contributed by atoms with Gasteiger partial charge in [-0.1, -0.05) is 0 Å². The molecule has 1 aliphatic rings. The summed E-state index contributed by atoms with van der Waals surface area (Å²) >= 11 is 0. The molecule has 1 amide bonds. The molecular weight excluding hydrogens is 244 g/mol. The zero-order chi connectivity index (χ0) is 13.9. The normalized spacial score (nSPS) is 22.7. The third-order valence-electron chi connectivity index (χ3n) is 3.57. The molecule has 0 spiro atoms. The molecule has 1 aliphatic heterocycles. The van der Waals surface area contributed by atoms with Gasteiger partial charge >= 0.3 is 0 Å². The second-order valence-corrected chi connectivity index (χ2v) is 5.22. The van der Waals surface area contributed by atoms with Crippen LogP contribution in [-0.4, -0.2) is 48.0 Å². The van der Waals surface area contributed by atoms with Gasteiger partial charge in [0.2, 0.25) is 0 Å². The molecular formula is C13H22N4O2. The summed E-state index contributed by atoms with van der Waals surface area (Å²) in [7, 11) is 3.47. The van der Waals surface area contributed by atoms with Gasteiger partial charge in [-0.3, -0.25) is 9.48 Å². The summed E-state index contributed by atoms with van der Waals surface area (Å²) in [5.74, 6) is -0.0905. The van der Waals surface area contributed by atoms with E-state index in [0.29, 0.717) is 18.8 Å². The Balaban J connectivity index is 1.97. The summed E-state index contributed by atoms with van der Waals surface area (Å²) in [5.41, 5.74) is 1.30. The maximum absolute atomic E-state index is 12.1. The van der Waals surface area contributed by atoms with Gasteiger partial charge in [0.25, 0.3) is 5.91 Å². The summed E-state index contributed by atoms with van der Waals surface area (Å²) in [4.78, 5) is 12.1. The zero-order valence-corrected chi connectivity index (χ0v) is 11.8. The Morgan fingerprint density at radius 1 is 1.68 bits per heavy atom. The smallest absolute Gasteiger partial charge is 0.269 e. The molecule has 0 radical (unpaired) electrons. The van der Waals surface area contributed by atoms with Gasteiger partial charge in [-0.15, -0.1) is 0 Å². The summed E-state index contributed by atoms with van der Waals surface area (Å²) in [6.07, 6.45) is 2.13. The quantitative estimate of drug-likeness (QED) is 0.800. The first-order valence-corrected chi connectivity index (χ1v) is 6.59. The molecule has 2 rings (SSSR count). The van der Waals surface area contributed by atoms with Crippen LogP contribution >= 0.6 is 0 Å². The maximum Gasteiger partial charge on any atom is 0.269 e. The lowest BCUT2D eigenvalue weighted by Gasteiger charge is -2.28. The van der Waals surface area contributed by atoms with Crippen LogP contribution in [0.15, 0.2) is 6.07 Å². The first-order valence-electron chi connectivity index (χ1n) is 6.59. The number of rotatable bonds is 5. The Hall–Kier alpha value is -1.40.